The number of rotatable bonds is 0. The maximum Gasteiger partial charge on any atom is -0.0171 e. The van der Waals surface area contributed by atoms with Crippen LogP contribution < -0.4 is 0 Å². The average Bonchev–Trinajstić information content (AvgIpc) is 2.22. The Morgan fingerprint density at radius 2 is 1.14 bits per heavy atom. The Bertz CT molecular complexity index is 147. The minimum absolute atomic E-state index is 1.24. The van der Waals surface area contributed by atoms with E-state index < -0.39 is 0 Å². The lowest BCUT2D eigenvalue weighted by Gasteiger charge is -1.99. The quantitative estimate of drug-likeness (QED) is 0.481. The van der Waals surface area contributed by atoms with Gasteiger partial charge in [-0.1, -0.05) is 43.6 Å². The summed E-state index contributed by atoms with van der Waals surface area (Å²) in [6.45, 7) is 0. The van der Waals surface area contributed by atoms with Crippen LogP contribution in [0, 0.1) is 6.42 Å². The molecule has 0 saturated carbocycles. The molecule has 0 aliphatic heterocycles. The van der Waals surface area contributed by atoms with Gasteiger partial charge in [-0.05, 0) is 44.9 Å². The van der Waals surface area contributed by atoms with Crippen LogP contribution in [-0.2, 0) is 0 Å². The number of allylic oxidation sites excluding steroid dienone is 4. The lowest BCUT2D eigenvalue weighted by Crippen LogP contribution is -1.80. The summed E-state index contributed by atoms with van der Waals surface area (Å²) in [5.74, 6) is 0. The standard InChI is InChI=1S/C14H23/c1-2-4-6-8-10-12-14-13-11-9-7-5-3-1/h1-3,10,12H,4-9,11,13-14H2/b2-1+,12-10-. The molecule has 0 aromatic heterocycles. The summed E-state index contributed by atoms with van der Waals surface area (Å²) in [5.41, 5.74) is 0. The minimum Gasteiger partial charge on any atom is -0.0885 e. The summed E-state index contributed by atoms with van der Waals surface area (Å²) in [6.07, 6.45) is 23.5. The minimum atomic E-state index is 1.24. The van der Waals surface area contributed by atoms with Crippen LogP contribution in [-0.4, -0.2) is 0 Å². The lowest BCUT2D eigenvalue weighted by atomic mass is 10.1. The third kappa shape index (κ3) is 6.94. The smallest absolute Gasteiger partial charge is 0.0171 e. The second-order valence-electron chi connectivity index (χ2n) is 4.06. The first-order chi connectivity index (χ1) is 7.00. The Morgan fingerprint density at radius 1 is 0.500 bits per heavy atom. The van der Waals surface area contributed by atoms with Gasteiger partial charge in [0.1, 0.15) is 0 Å². The SMILES string of the molecule is [CH]1/C=C/CCC/C=C\CCCCCC1. The molecule has 14 heavy (non-hydrogen) atoms. The zero-order valence-electron chi connectivity index (χ0n) is 9.25. The highest BCUT2D eigenvalue weighted by molar-refractivity contribution is 4.94. The Hall–Kier alpha value is -0.520. The van der Waals surface area contributed by atoms with E-state index in [1.807, 2.05) is 0 Å². The first-order valence-electron chi connectivity index (χ1n) is 6.13. The van der Waals surface area contributed by atoms with Crippen LogP contribution in [0.3, 0.4) is 0 Å². The maximum atomic E-state index is 2.36. The van der Waals surface area contributed by atoms with Gasteiger partial charge in [-0.15, -0.1) is 0 Å². The molecule has 79 valence electrons. The summed E-state index contributed by atoms with van der Waals surface area (Å²) in [7, 11) is 0. The Morgan fingerprint density at radius 3 is 2.00 bits per heavy atom. The zero-order valence-corrected chi connectivity index (χ0v) is 9.25. The van der Waals surface area contributed by atoms with Gasteiger partial charge in [0.25, 0.3) is 0 Å². The van der Waals surface area contributed by atoms with Crippen molar-refractivity contribution in [2.75, 3.05) is 0 Å². The van der Waals surface area contributed by atoms with Crippen molar-refractivity contribution < 1.29 is 0 Å². The topological polar surface area (TPSA) is 0 Å². The molecule has 1 aliphatic carbocycles. The molecule has 0 unspecified atom stereocenters. The molecule has 0 heterocycles. The molecule has 0 atom stereocenters. The largest absolute Gasteiger partial charge is 0.0885 e. The molecule has 0 spiro atoms. The van der Waals surface area contributed by atoms with Crippen LogP contribution in [0.4, 0.5) is 0 Å². The summed E-state index contributed by atoms with van der Waals surface area (Å²) in [5, 5.41) is 0. The number of hydrogen-bond acceptors (Lipinski definition) is 0. The highest BCUT2D eigenvalue weighted by Gasteiger charge is 1.90. The first-order valence-corrected chi connectivity index (χ1v) is 6.13. The third-order valence-corrected chi connectivity index (χ3v) is 2.67. The fourth-order valence-electron chi connectivity index (χ4n) is 1.76. The van der Waals surface area contributed by atoms with Gasteiger partial charge in [0.15, 0.2) is 0 Å². The molecule has 1 aliphatic rings. The summed E-state index contributed by atoms with van der Waals surface area (Å²) < 4.78 is 0. The zero-order chi connectivity index (χ0) is 9.90. The summed E-state index contributed by atoms with van der Waals surface area (Å²) >= 11 is 0. The highest BCUT2D eigenvalue weighted by atomic mass is 14.0. The van der Waals surface area contributed by atoms with Crippen molar-refractivity contribution in [2.45, 2.75) is 57.8 Å². The van der Waals surface area contributed by atoms with Crippen LogP contribution in [0.15, 0.2) is 24.3 Å². The molecule has 0 heteroatoms. The van der Waals surface area contributed by atoms with Crippen LogP contribution >= 0.6 is 0 Å². The van der Waals surface area contributed by atoms with E-state index in [4.69, 9.17) is 0 Å². The van der Waals surface area contributed by atoms with Gasteiger partial charge in [-0.25, -0.2) is 0 Å². The van der Waals surface area contributed by atoms with Crippen LogP contribution in [0.5, 0.6) is 0 Å². The van der Waals surface area contributed by atoms with Crippen molar-refractivity contribution in [1.29, 1.82) is 0 Å². The van der Waals surface area contributed by atoms with Crippen molar-refractivity contribution in [2.24, 2.45) is 0 Å². The molecular weight excluding hydrogens is 168 g/mol. The van der Waals surface area contributed by atoms with Gasteiger partial charge in [0.2, 0.25) is 0 Å². The van der Waals surface area contributed by atoms with E-state index in [0.717, 1.165) is 0 Å². The van der Waals surface area contributed by atoms with E-state index in [0.29, 0.717) is 0 Å². The van der Waals surface area contributed by atoms with E-state index >= 15 is 0 Å². The van der Waals surface area contributed by atoms with Crippen LogP contribution in [0.1, 0.15) is 57.8 Å². The second kappa shape index (κ2) is 9.05. The normalized spacial score (nSPS) is 26.3. The molecule has 0 N–H and O–H groups in total. The van der Waals surface area contributed by atoms with Crippen molar-refractivity contribution in [3.63, 3.8) is 0 Å². The first kappa shape index (κ1) is 11.6. The Balaban J connectivity index is 2.16. The predicted octanol–water partition coefficient (Wildman–Crippen LogP) is 4.83. The van der Waals surface area contributed by atoms with E-state index in [9.17, 15) is 0 Å². The maximum absolute atomic E-state index is 2.36. The molecule has 1 rings (SSSR count). The second-order valence-corrected chi connectivity index (χ2v) is 4.06. The Labute approximate surface area is 89.1 Å². The van der Waals surface area contributed by atoms with E-state index in [1.54, 1.807) is 0 Å². The summed E-state index contributed by atoms with van der Waals surface area (Å²) in [4.78, 5) is 0. The molecule has 0 amide bonds. The van der Waals surface area contributed by atoms with Gasteiger partial charge in [-0.2, -0.15) is 0 Å². The monoisotopic (exact) mass is 191 g/mol. The molecule has 0 fully saturated rings. The van der Waals surface area contributed by atoms with Crippen molar-refractivity contribution in [3.8, 4) is 0 Å². The highest BCUT2D eigenvalue weighted by Crippen LogP contribution is 2.09. The van der Waals surface area contributed by atoms with Crippen molar-refractivity contribution >= 4 is 0 Å². The van der Waals surface area contributed by atoms with Gasteiger partial charge in [-0.3, -0.25) is 0 Å². The Kier molecular flexibility index (Phi) is 7.47. The van der Waals surface area contributed by atoms with Gasteiger partial charge >= 0.3 is 0 Å². The fourth-order valence-corrected chi connectivity index (χ4v) is 1.76. The molecule has 0 saturated heterocycles. The van der Waals surface area contributed by atoms with Gasteiger partial charge < -0.3 is 0 Å². The molecule has 0 bridgehead atoms. The predicted molar refractivity (Wildman–Crippen MR) is 64.1 cm³/mol. The third-order valence-electron chi connectivity index (χ3n) is 2.67. The van der Waals surface area contributed by atoms with E-state index in [1.165, 1.54) is 57.8 Å². The molecule has 1 radical (unpaired) electrons. The summed E-state index contributed by atoms with van der Waals surface area (Å²) in [6, 6.07) is 0. The molecular formula is C14H23. The lowest BCUT2D eigenvalue weighted by molar-refractivity contribution is 0.644. The van der Waals surface area contributed by atoms with Crippen molar-refractivity contribution in [1.82, 2.24) is 0 Å². The van der Waals surface area contributed by atoms with Gasteiger partial charge in [0, 0.05) is 0 Å². The van der Waals surface area contributed by atoms with E-state index in [2.05, 4.69) is 30.7 Å². The molecule has 0 nitrogen and oxygen atoms in total. The van der Waals surface area contributed by atoms with Crippen LogP contribution in [0.25, 0.3) is 0 Å². The van der Waals surface area contributed by atoms with Gasteiger partial charge in [0.05, 0.1) is 0 Å². The average molecular weight is 191 g/mol. The molecule has 0 aromatic rings. The molecule has 0 aromatic carbocycles. The fraction of sp³-hybridized carbons (Fsp3) is 0.643. The van der Waals surface area contributed by atoms with Crippen LogP contribution in [0.2, 0.25) is 0 Å². The number of hydrogen-bond donors (Lipinski definition) is 0. The van der Waals surface area contributed by atoms with Crippen molar-refractivity contribution in [3.05, 3.63) is 30.7 Å². The van der Waals surface area contributed by atoms with E-state index in [-0.39, 0.29) is 0 Å².